The molecule has 2 aromatic rings. The van der Waals surface area contributed by atoms with Gasteiger partial charge in [0.25, 0.3) is 0 Å². The third kappa shape index (κ3) is 3.90. The first-order chi connectivity index (χ1) is 13.6. The largest absolute Gasteiger partial charge is 0.508 e. The average Bonchev–Trinajstić information content (AvgIpc) is 2.74. The van der Waals surface area contributed by atoms with E-state index in [9.17, 15) is 9.90 Å². The summed E-state index contributed by atoms with van der Waals surface area (Å²) in [6.45, 7) is 2.85. The standard InChI is InChI=1S/C23H26N2O3/c1-28-21-8-9-22-19(15-21)3-2-12-25(22)23(27)16-24-13-10-18(11-14-24)17-4-6-20(26)7-5-17/h4-10,15,26H,2-3,11-14,16H2,1H3. The average molecular weight is 378 g/mol. The van der Waals surface area contributed by atoms with Crippen molar-refractivity contribution in [1.29, 1.82) is 0 Å². The second kappa shape index (κ2) is 8.07. The molecule has 2 aromatic carbocycles. The van der Waals surface area contributed by atoms with Crippen molar-refractivity contribution in [3.8, 4) is 11.5 Å². The minimum absolute atomic E-state index is 0.160. The van der Waals surface area contributed by atoms with Crippen molar-refractivity contribution in [1.82, 2.24) is 4.90 Å². The van der Waals surface area contributed by atoms with Crippen LogP contribution in [0.5, 0.6) is 11.5 Å². The van der Waals surface area contributed by atoms with Crippen molar-refractivity contribution in [2.24, 2.45) is 0 Å². The van der Waals surface area contributed by atoms with Crippen LogP contribution in [0, 0.1) is 0 Å². The molecule has 4 rings (SSSR count). The fourth-order valence-electron chi connectivity index (χ4n) is 4.03. The molecule has 0 spiro atoms. The number of fused-ring (bicyclic) bond motifs is 1. The quantitative estimate of drug-likeness (QED) is 0.885. The predicted molar refractivity (Wildman–Crippen MR) is 111 cm³/mol. The molecule has 2 heterocycles. The van der Waals surface area contributed by atoms with Crippen molar-refractivity contribution >= 4 is 17.2 Å². The van der Waals surface area contributed by atoms with Gasteiger partial charge in [-0.1, -0.05) is 18.2 Å². The van der Waals surface area contributed by atoms with Gasteiger partial charge >= 0.3 is 0 Å². The molecule has 0 unspecified atom stereocenters. The smallest absolute Gasteiger partial charge is 0.241 e. The van der Waals surface area contributed by atoms with E-state index in [2.05, 4.69) is 11.0 Å². The number of ether oxygens (including phenoxy) is 1. The summed E-state index contributed by atoms with van der Waals surface area (Å²) in [5.74, 6) is 1.29. The number of rotatable bonds is 4. The highest BCUT2D eigenvalue weighted by molar-refractivity contribution is 5.96. The van der Waals surface area contributed by atoms with Crippen LogP contribution in [0.2, 0.25) is 0 Å². The molecule has 0 radical (unpaired) electrons. The normalized spacial score (nSPS) is 17.0. The van der Waals surface area contributed by atoms with Gasteiger partial charge in [-0.05, 0) is 66.3 Å². The second-order valence-corrected chi connectivity index (χ2v) is 7.40. The maximum absolute atomic E-state index is 13.0. The first-order valence-corrected chi connectivity index (χ1v) is 9.82. The molecular weight excluding hydrogens is 352 g/mol. The zero-order chi connectivity index (χ0) is 19.5. The number of hydrogen-bond acceptors (Lipinski definition) is 4. The SMILES string of the molecule is COc1ccc2c(c1)CCCN2C(=O)CN1CC=C(c2ccc(O)cc2)CC1. The first-order valence-electron chi connectivity index (χ1n) is 9.82. The summed E-state index contributed by atoms with van der Waals surface area (Å²) < 4.78 is 5.32. The van der Waals surface area contributed by atoms with Crippen LogP contribution >= 0.6 is 0 Å². The van der Waals surface area contributed by atoms with Crippen LogP contribution < -0.4 is 9.64 Å². The Kier molecular flexibility index (Phi) is 5.35. The number of amides is 1. The summed E-state index contributed by atoms with van der Waals surface area (Å²) in [7, 11) is 1.67. The van der Waals surface area contributed by atoms with Gasteiger partial charge in [-0.25, -0.2) is 0 Å². The van der Waals surface area contributed by atoms with E-state index in [0.717, 1.165) is 55.9 Å². The molecule has 0 aliphatic carbocycles. The number of anilines is 1. The van der Waals surface area contributed by atoms with Gasteiger partial charge in [0.15, 0.2) is 0 Å². The number of phenolic OH excluding ortho intramolecular Hbond substituents is 1. The summed E-state index contributed by atoms with van der Waals surface area (Å²) >= 11 is 0. The summed E-state index contributed by atoms with van der Waals surface area (Å²) in [6.07, 6.45) is 5.07. The van der Waals surface area contributed by atoms with Crippen LogP contribution in [-0.2, 0) is 11.2 Å². The lowest BCUT2D eigenvalue weighted by molar-refractivity contribution is -0.119. The van der Waals surface area contributed by atoms with E-state index < -0.39 is 0 Å². The molecule has 0 aromatic heterocycles. The third-order valence-electron chi connectivity index (χ3n) is 5.60. The lowest BCUT2D eigenvalue weighted by Crippen LogP contribution is -2.43. The molecule has 2 aliphatic heterocycles. The van der Waals surface area contributed by atoms with Gasteiger partial charge in [-0.2, -0.15) is 0 Å². The molecule has 28 heavy (non-hydrogen) atoms. The molecule has 1 N–H and O–H groups in total. The highest BCUT2D eigenvalue weighted by Gasteiger charge is 2.25. The van der Waals surface area contributed by atoms with Crippen molar-refractivity contribution in [3.05, 3.63) is 59.7 Å². The fraction of sp³-hybridized carbons (Fsp3) is 0.348. The topological polar surface area (TPSA) is 53.0 Å². The Morgan fingerprint density at radius 1 is 1.11 bits per heavy atom. The van der Waals surface area contributed by atoms with E-state index >= 15 is 0 Å². The Morgan fingerprint density at radius 2 is 1.93 bits per heavy atom. The van der Waals surface area contributed by atoms with Gasteiger partial charge in [-0.15, -0.1) is 0 Å². The van der Waals surface area contributed by atoms with Crippen molar-refractivity contribution in [3.63, 3.8) is 0 Å². The van der Waals surface area contributed by atoms with Crippen LogP contribution in [0.4, 0.5) is 5.69 Å². The number of methoxy groups -OCH3 is 1. The van der Waals surface area contributed by atoms with Crippen LogP contribution in [0.25, 0.3) is 5.57 Å². The van der Waals surface area contributed by atoms with Crippen molar-refractivity contribution < 1.29 is 14.6 Å². The van der Waals surface area contributed by atoms with E-state index in [1.165, 1.54) is 11.1 Å². The molecule has 0 saturated heterocycles. The lowest BCUT2D eigenvalue weighted by atomic mass is 9.99. The number of carbonyl (C=O) groups excluding carboxylic acids is 1. The maximum atomic E-state index is 13.0. The van der Waals surface area contributed by atoms with Gasteiger partial charge in [0.2, 0.25) is 5.91 Å². The third-order valence-corrected chi connectivity index (χ3v) is 5.60. The van der Waals surface area contributed by atoms with Gasteiger partial charge in [-0.3, -0.25) is 9.69 Å². The van der Waals surface area contributed by atoms with E-state index in [1.54, 1.807) is 19.2 Å². The Bertz CT molecular complexity index is 889. The molecule has 0 bridgehead atoms. The molecular formula is C23H26N2O3. The van der Waals surface area contributed by atoms with Crippen LogP contribution in [0.15, 0.2) is 48.5 Å². The number of carbonyl (C=O) groups is 1. The molecule has 0 fully saturated rings. The molecule has 0 saturated carbocycles. The van der Waals surface area contributed by atoms with E-state index in [1.807, 2.05) is 35.2 Å². The van der Waals surface area contributed by atoms with Crippen LogP contribution in [0.3, 0.4) is 0 Å². The maximum Gasteiger partial charge on any atom is 0.241 e. The summed E-state index contributed by atoms with van der Waals surface area (Å²) in [5, 5.41) is 9.44. The highest BCUT2D eigenvalue weighted by atomic mass is 16.5. The number of phenols is 1. The van der Waals surface area contributed by atoms with Gasteiger partial charge < -0.3 is 14.7 Å². The number of nitrogens with zero attached hydrogens (tertiary/aromatic N) is 2. The molecule has 2 aliphatic rings. The summed E-state index contributed by atoms with van der Waals surface area (Å²) in [5.41, 5.74) is 4.63. The minimum Gasteiger partial charge on any atom is -0.508 e. The van der Waals surface area contributed by atoms with E-state index in [-0.39, 0.29) is 11.7 Å². The van der Waals surface area contributed by atoms with E-state index in [4.69, 9.17) is 4.74 Å². The zero-order valence-corrected chi connectivity index (χ0v) is 16.2. The monoisotopic (exact) mass is 378 g/mol. The van der Waals surface area contributed by atoms with Gasteiger partial charge in [0, 0.05) is 25.3 Å². The first kappa shape index (κ1) is 18.6. The Morgan fingerprint density at radius 3 is 2.64 bits per heavy atom. The zero-order valence-electron chi connectivity index (χ0n) is 16.2. The van der Waals surface area contributed by atoms with Gasteiger partial charge in [0.05, 0.1) is 13.7 Å². The fourth-order valence-corrected chi connectivity index (χ4v) is 4.03. The highest BCUT2D eigenvalue weighted by Crippen LogP contribution is 2.31. The number of aromatic hydroxyl groups is 1. The molecule has 1 amide bonds. The molecule has 5 nitrogen and oxygen atoms in total. The van der Waals surface area contributed by atoms with Crippen LogP contribution in [0.1, 0.15) is 24.0 Å². The second-order valence-electron chi connectivity index (χ2n) is 7.40. The molecule has 5 heteroatoms. The summed E-state index contributed by atoms with van der Waals surface area (Å²) in [4.78, 5) is 17.1. The van der Waals surface area contributed by atoms with Crippen molar-refractivity contribution in [2.45, 2.75) is 19.3 Å². The van der Waals surface area contributed by atoms with Crippen molar-refractivity contribution in [2.75, 3.05) is 38.2 Å². The number of aryl methyl sites for hydroxylation is 1. The van der Waals surface area contributed by atoms with Crippen LogP contribution in [-0.4, -0.2) is 49.2 Å². The molecule has 0 atom stereocenters. The minimum atomic E-state index is 0.160. The molecule has 146 valence electrons. The summed E-state index contributed by atoms with van der Waals surface area (Å²) in [6, 6.07) is 13.3. The predicted octanol–water partition coefficient (Wildman–Crippen LogP) is 3.47. The number of benzene rings is 2. The Balaban J connectivity index is 1.41. The lowest BCUT2D eigenvalue weighted by Gasteiger charge is -2.33. The van der Waals surface area contributed by atoms with Gasteiger partial charge in [0.1, 0.15) is 11.5 Å². The Labute approximate surface area is 165 Å². The van der Waals surface area contributed by atoms with E-state index in [0.29, 0.717) is 6.54 Å². The number of hydrogen-bond donors (Lipinski definition) is 1. The Hall–Kier alpha value is -2.79.